The minimum Gasteiger partial charge on any atom is -0.476 e. The van der Waals surface area contributed by atoms with Crippen molar-refractivity contribution >= 4 is 5.97 Å². The number of carboxylic acid groups (broad SMARTS) is 1. The summed E-state index contributed by atoms with van der Waals surface area (Å²) in [5, 5.41) is 12.2. The molecule has 1 heterocycles. The number of hydrogen-bond donors (Lipinski definition) is 2. The monoisotopic (exact) mass is 233 g/mol. The zero-order chi connectivity index (χ0) is 12.4. The van der Waals surface area contributed by atoms with Gasteiger partial charge in [0.15, 0.2) is 0 Å². The van der Waals surface area contributed by atoms with Gasteiger partial charge in [0.1, 0.15) is 0 Å². The maximum Gasteiger partial charge on any atom is 0.362 e. The van der Waals surface area contributed by atoms with Crippen molar-refractivity contribution in [3.05, 3.63) is 56.9 Å². The van der Waals surface area contributed by atoms with Crippen LogP contribution in [-0.2, 0) is 0 Å². The molecule has 0 aliphatic heterocycles. The molecule has 17 heavy (non-hydrogen) atoms. The molecule has 2 rings (SSSR count). The standard InChI is InChI=1S/C10H7N3O4/c14-8-7(9(15)16)12-13(10(17)11-8)6-4-2-1-3-5-6/h1-5H,(H,15,16)(H,11,14,17). The van der Waals surface area contributed by atoms with Crippen LogP contribution in [-0.4, -0.2) is 25.8 Å². The minimum absolute atomic E-state index is 0.372. The first-order chi connectivity index (χ1) is 8.09. The molecule has 2 aromatic rings. The van der Waals surface area contributed by atoms with Crippen LogP contribution in [0.1, 0.15) is 10.5 Å². The Morgan fingerprint density at radius 2 is 1.88 bits per heavy atom. The van der Waals surface area contributed by atoms with Crippen LogP contribution in [0.25, 0.3) is 5.69 Å². The number of benzene rings is 1. The van der Waals surface area contributed by atoms with Crippen LogP contribution in [0, 0.1) is 0 Å². The molecule has 7 heteroatoms. The molecule has 0 unspecified atom stereocenters. The lowest BCUT2D eigenvalue weighted by molar-refractivity contribution is 0.0685. The number of aromatic nitrogens is 3. The Balaban J connectivity index is 2.72. The zero-order valence-electron chi connectivity index (χ0n) is 8.45. The van der Waals surface area contributed by atoms with E-state index in [1.54, 1.807) is 30.3 Å². The van der Waals surface area contributed by atoms with Gasteiger partial charge in [-0.25, -0.2) is 9.59 Å². The number of carbonyl (C=O) groups is 1. The van der Waals surface area contributed by atoms with E-state index < -0.39 is 22.9 Å². The van der Waals surface area contributed by atoms with Crippen LogP contribution in [0.4, 0.5) is 0 Å². The summed E-state index contributed by atoms with van der Waals surface area (Å²) in [6, 6.07) is 8.19. The Hall–Kier alpha value is -2.70. The third-order valence-electron chi connectivity index (χ3n) is 2.03. The summed E-state index contributed by atoms with van der Waals surface area (Å²) in [5.74, 6) is -1.49. The van der Waals surface area contributed by atoms with Crippen LogP contribution in [0.5, 0.6) is 0 Å². The van der Waals surface area contributed by atoms with Crippen molar-refractivity contribution in [2.24, 2.45) is 0 Å². The van der Waals surface area contributed by atoms with E-state index in [-0.39, 0.29) is 0 Å². The molecule has 7 nitrogen and oxygen atoms in total. The van der Waals surface area contributed by atoms with Gasteiger partial charge in [-0.05, 0) is 12.1 Å². The minimum atomic E-state index is -1.49. The second kappa shape index (κ2) is 4.05. The van der Waals surface area contributed by atoms with Crippen molar-refractivity contribution in [2.45, 2.75) is 0 Å². The van der Waals surface area contributed by atoms with Gasteiger partial charge in [-0.1, -0.05) is 18.2 Å². The van der Waals surface area contributed by atoms with E-state index in [0.29, 0.717) is 5.69 Å². The van der Waals surface area contributed by atoms with E-state index in [2.05, 4.69) is 5.10 Å². The number of para-hydroxylation sites is 1. The molecule has 0 saturated heterocycles. The van der Waals surface area contributed by atoms with E-state index in [0.717, 1.165) is 4.68 Å². The molecular formula is C10H7N3O4. The highest BCUT2D eigenvalue weighted by atomic mass is 16.4. The van der Waals surface area contributed by atoms with Crippen LogP contribution in [0.2, 0.25) is 0 Å². The highest BCUT2D eigenvalue weighted by Crippen LogP contribution is 2.00. The Bertz CT molecular complexity index is 672. The van der Waals surface area contributed by atoms with Crippen LogP contribution < -0.4 is 11.2 Å². The number of H-pyrrole nitrogens is 1. The molecule has 0 saturated carbocycles. The lowest BCUT2D eigenvalue weighted by Gasteiger charge is -2.03. The average Bonchev–Trinajstić information content (AvgIpc) is 2.29. The molecule has 0 aliphatic carbocycles. The number of carboxylic acids is 1. The largest absolute Gasteiger partial charge is 0.476 e. The zero-order valence-corrected chi connectivity index (χ0v) is 8.45. The fraction of sp³-hybridized carbons (Fsp3) is 0. The lowest BCUT2D eigenvalue weighted by atomic mass is 10.3. The van der Waals surface area contributed by atoms with Crippen molar-refractivity contribution in [2.75, 3.05) is 0 Å². The SMILES string of the molecule is O=C(O)c1nn(-c2ccccc2)c(=O)[nH]c1=O. The van der Waals surface area contributed by atoms with Gasteiger partial charge in [0.05, 0.1) is 5.69 Å². The van der Waals surface area contributed by atoms with E-state index in [4.69, 9.17) is 5.11 Å². The topological polar surface area (TPSA) is 105 Å². The number of rotatable bonds is 2. The number of aromatic carboxylic acids is 1. The molecule has 0 fully saturated rings. The van der Waals surface area contributed by atoms with E-state index in [1.807, 2.05) is 4.98 Å². The summed E-state index contributed by atoms with van der Waals surface area (Å²) >= 11 is 0. The van der Waals surface area contributed by atoms with Gasteiger partial charge in [0, 0.05) is 0 Å². The Kier molecular flexibility index (Phi) is 2.57. The van der Waals surface area contributed by atoms with E-state index in [1.165, 1.54) is 0 Å². The van der Waals surface area contributed by atoms with Gasteiger partial charge >= 0.3 is 11.7 Å². The molecule has 0 atom stereocenters. The van der Waals surface area contributed by atoms with Crippen LogP contribution in [0.3, 0.4) is 0 Å². The summed E-state index contributed by atoms with van der Waals surface area (Å²) in [6.45, 7) is 0. The van der Waals surface area contributed by atoms with Gasteiger partial charge in [0.25, 0.3) is 5.56 Å². The van der Waals surface area contributed by atoms with Gasteiger partial charge in [0.2, 0.25) is 5.69 Å². The molecule has 0 spiro atoms. The first kappa shape index (κ1) is 10.8. The average molecular weight is 233 g/mol. The van der Waals surface area contributed by atoms with E-state index in [9.17, 15) is 14.4 Å². The Labute approximate surface area is 94.0 Å². The first-order valence-corrected chi connectivity index (χ1v) is 4.62. The lowest BCUT2D eigenvalue weighted by Crippen LogP contribution is -2.35. The Morgan fingerprint density at radius 1 is 1.24 bits per heavy atom. The van der Waals surface area contributed by atoms with Crippen molar-refractivity contribution in [3.8, 4) is 5.69 Å². The molecule has 1 aromatic carbocycles. The highest BCUT2D eigenvalue weighted by molar-refractivity contribution is 5.84. The molecule has 1 aromatic heterocycles. The smallest absolute Gasteiger partial charge is 0.362 e. The normalized spacial score (nSPS) is 10.1. The fourth-order valence-corrected chi connectivity index (χ4v) is 1.28. The third kappa shape index (κ3) is 1.98. The van der Waals surface area contributed by atoms with Crippen molar-refractivity contribution in [1.29, 1.82) is 0 Å². The third-order valence-corrected chi connectivity index (χ3v) is 2.03. The predicted octanol–water partition coefficient (Wildman–Crippen LogP) is -0.381. The molecule has 0 radical (unpaired) electrons. The van der Waals surface area contributed by atoms with Gasteiger partial charge in [-0.2, -0.15) is 9.78 Å². The molecule has 0 aliphatic rings. The quantitative estimate of drug-likeness (QED) is 0.735. The first-order valence-electron chi connectivity index (χ1n) is 4.62. The van der Waals surface area contributed by atoms with E-state index >= 15 is 0 Å². The van der Waals surface area contributed by atoms with Gasteiger partial charge in [-0.3, -0.25) is 9.78 Å². The fourth-order valence-electron chi connectivity index (χ4n) is 1.28. The molecule has 0 bridgehead atoms. The summed E-state index contributed by atoms with van der Waals surface area (Å²) in [4.78, 5) is 35.2. The van der Waals surface area contributed by atoms with Crippen molar-refractivity contribution < 1.29 is 9.90 Å². The summed E-state index contributed by atoms with van der Waals surface area (Å²) in [6.07, 6.45) is 0. The van der Waals surface area contributed by atoms with Crippen LogP contribution >= 0.6 is 0 Å². The summed E-state index contributed by atoms with van der Waals surface area (Å²) < 4.78 is 0.824. The predicted molar refractivity (Wildman–Crippen MR) is 57.4 cm³/mol. The molecule has 0 amide bonds. The maximum atomic E-state index is 11.5. The number of nitrogens with zero attached hydrogens (tertiary/aromatic N) is 2. The molecule has 2 N–H and O–H groups in total. The number of nitrogens with one attached hydrogen (secondary N) is 1. The Morgan fingerprint density at radius 3 is 2.47 bits per heavy atom. The van der Waals surface area contributed by atoms with Crippen molar-refractivity contribution in [3.63, 3.8) is 0 Å². The van der Waals surface area contributed by atoms with Gasteiger partial charge < -0.3 is 5.11 Å². The second-order valence-corrected chi connectivity index (χ2v) is 3.16. The number of hydrogen-bond acceptors (Lipinski definition) is 4. The maximum absolute atomic E-state index is 11.5. The number of aromatic amines is 1. The summed E-state index contributed by atoms with van der Waals surface area (Å²) in [7, 11) is 0. The second-order valence-electron chi connectivity index (χ2n) is 3.16. The summed E-state index contributed by atoms with van der Waals surface area (Å²) in [5.41, 5.74) is -2.16. The van der Waals surface area contributed by atoms with Crippen molar-refractivity contribution in [1.82, 2.24) is 14.8 Å². The molecule has 86 valence electrons. The molecular weight excluding hydrogens is 226 g/mol. The van der Waals surface area contributed by atoms with Crippen LogP contribution in [0.15, 0.2) is 39.9 Å². The highest BCUT2D eigenvalue weighted by Gasteiger charge is 2.14. The van der Waals surface area contributed by atoms with Gasteiger partial charge in [-0.15, -0.1) is 0 Å².